The summed E-state index contributed by atoms with van der Waals surface area (Å²) in [5.74, 6) is -2.86. The Morgan fingerprint density at radius 1 is 1.30 bits per heavy atom. The molecule has 0 aromatic rings. The van der Waals surface area contributed by atoms with E-state index in [1.807, 2.05) is 6.92 Å². The van der Waals surface area contributed by atoms with Crippen LogP contribution >= 0.6 is 34.4 Å². The van der Waals surface area contributed by atoms with Crippen molar-refractivity contribution in [2.24, 2.45) is 28.6 Å². The first-order valence-electron chi connectivity index (χ1n) is 11.2. The summed E-state index contributed by atoms with van der Waals surface area (Å²) in [5.41, 5.74) is -6.26. The number of ether oxygens (including phenoxy) is 1. The number of carbonyl (C=O) groups excluding carboxylic acids is 3. The van der Waals surface area contributed by atoms with Gasteiger partial charge in [0.1, 0.15) is 6.17 Å². The average molecular weight is 594 g/mol. The van der Waals surface area contributed by atoms with Crippen molar-refractivity contribution in [1.82, 2.24) is 0 Å². The Labute approximate surface area is 210 Å². The highest BCUT2D eigenvalue weighted by atomic mass is 127. The van der Waals surface area contributed by atoms with Crippen molar-refractivity contribution in [3.8, 4) is 0 Å². The number of rotatable bonds is 3. The Morgan fingerprint density at radius 2 is 1.97 bits per heavy atom. The summed E-state index contributed by atoms with van der Waals surface area (Å²) < 4.78 is 39.0. The molecule has 3 saturated carbocycles. The molecule has 0 aromatic heterocycles. The first kappa shape index (κ1) is 25.3. The zero-order chi connectivity index (χ0) is 24.6. The van der Waals surface area contributed by atoms with Gasteiger partial charge in [0.05, 0.1) is 9.86 Å². The first-order valence-corrected chi connectivity index (χ1v) is 13.7. The number of ketones is 1. The summed E-state index contributed by atoms with van der Waals surface area (Å²) >= 11 is 3.09. The van der Waals surface area contributed by atoms with Crippen molar-refractivity contribution in [1.29, 1.82) is 0 Å². The molecule has 4 aliphatic rings. The molecule has 0 aliphatic heterocycles. The van der Waals surface area contributed by atoms with Crippen molar-refractivity contribution >= 4 is 51.2 Å². The molecule has 0 spiro atoms. The van der Waals surface area contributed by atoms with Crippen molar-refractivity contribution in [2.75, 3.05) is 3.76 Å². The fourth-order valence-electron chi connectivity index (χ4n) is 7.60. The van der Waals surface area contributed by atoms with E-state index in [9.17, 15) is 19.5 Å². The van der Waals surface area contributed by atoms with Crippen LogP contribution in [0, 0.1) is 28.6 Å². The van der Waals surface area contributed by atoms with E-state index in [0.29, 0.717) is 10.2 Å². The quantitative estimate of drug-likeness (QED) is 0.295. The van der Waals surface area contributed by atoms with Gasteiger partial charge in [-0.05, 0) is 49.8 Å². The fourth-order valence-corrected chi connectivity index (χ4v) is 9.24. The van der Waals surface area contributed by atoms with Crippen LogP contribution in [0.15, 0.2) is 23.8 Å². The minimum Gasteiger partial charge on any atom is -0.449 e. The largest absolute Gasteiger partial charge is 0.449 e. The van der Waals surface area contributed by atoms with Crippen LogP contribution in [0.25, 0.3) is 0 Å². The monoisotopic (exact) mass is 594 g/mol. The number of halogens is 3. The zero-order valence-electron chi connectivity index (χ0n) is 19.1. The second kappa shape index (κ2) is 8.11. The summed E-state index contributed by atoms with van der Waals surface area (Å²) in [6.45, 7) is 6.37. The normalized spacial score (nSPS) is 48.4. The maximum atomic E-state index is 17.2. The maximum absolute atomic E-state index is 17.2. The van der Waals surface area contributed by atoms with Crippen molar-refractivity contribution in [3.63, 3.8) is 0 Å². The average Bonchev–Trinajstić information content (AvgIpc) is 2.93. The highest BCUT2D eigenvalue weighted by Gasteiger charge is 2.78. The lowest BCUT2D eigenvalue weighted by Gasteiger charge is -2.63. The second-order valence-electron chi connectivity index (χ2n) is 10.4. The molecule has 9 atom stereocenters. The van der Waals surface area contributed by atoms with E-state index in [4.69, 9.17) is 4.74 Å². The topological polar surface area (TPSA) is 80.7 Å². The number of hydrogen-bond donors (Lipinski definition) is 1. The third-order valence-corrected chi connectivity index (χ3v) is 10.6. The second-order valence-corrected chi connectivity index (χ2v) is 13.1. The molecule has 0 aromatic carbocycles. The number of fused-ring (bicyclic) bond motifs is 5. The molecule has 1 N–H and O–H groups in total. The van der Waals surface area contributed by atoms with E-state index in [1.54, 1.807) is 13.8 Å². The number of allylic oxidation sites excluding steroid dienone is 4. The SMILES string of the molecule is CC(=O)O[C@]1(C(=O)SCI)[C@H](C)C[C@H]2[C@@H]3C[C@H](F)C4=CC(=O)C=C[C@]4(C)[C@@]3(F)[C@@H](O)C[C@@]21C. The van der Waals surface area contributed by atoms with Gasteiger partial charge in [0.15, 0.2) is 17.1 Å². The standard InChI is InChI=1S/C24H29F2IO5S/c1-12-7-15-16-9-18(25)17-8-14(29)5-6-21(17,3)23(16,26)19(30)10-22(15,4)24(12,32-13(2)28)20(31)33-11-27/h5-6,8,12,15-16,18-19,30H,7,9-11H2,1-4H3/t12-,15+,16+,18+,19+,21+,22+,23+,24+/m1/s1. The summed E-state index contributed by atoms with van der Waals surface area (Å²) in [6, 6.07) is 0. The molecule has 4 aliphatic carbocycles. The van der Waals surface area contributed by atoms with Gasteiger partial charge in [0.2, 0.25) is 5.12 Å². The predicted molar refractivity (Wildman–Crippen MR) is 129 cm³/mol. The highest BCUT2D eigenvalue weighted by molar-refractivity contribution is 14.1. The van der Waals surface area contributed by atoms with Crippen LogP contribution < -0.4 is 0 Å². The number of alkyl halides is 3. The van der Waals surface area contributed by atoms with Gasteiger partial charge in [-0.15, -0.1) is 0 Å². The lowest BCUT2D eigenvalue weighted by molar-refractivity contribution is -0.228. The number of esters is 1. The van der Waals surface area contributed by atoms with Crippen LogP contribution in [0.1, 0.15) is 47.0 Å². The van der Waals surface area contributed by atoms with Crippen LogP contribution in [-0.2, 0) is 19.1 Å². The third kappa shape index (κ3) is 3.13. The third-order valence-electron chi connectivity index (χ3n) is 8.96. The number of thioether (sulfide) groups is 1. The molecule has 0 amide bonds. The molecule has 0 saturated heterocycles. The van der Waals surface area contributed by atoms with E-state index in [0.717, 1.165) is 17.8 Å². The molecule has 4 rings (SSSR count). The molecule has 33 heavy (non-hydrogen) atoms. The molecule has 0 heterocycles. The van der Waals surface area contributed by atoms with Crippen molar-refractivity contribution in [3.05, 3.63) is 23.8 Å². The lowest BCUT2D eigenvalue weighted by Crippen LogP contribution is -2.70. The first-order chi connectivity index (χ1) is 15.3. The molecule has 3 fully saturated rings. The van der Waals surface area contributed by atoms with Gasteiger partial charge in [-0.2, -0.15) is 0 Å². The number of aliphatic hydroxyl groups is 1. The van der Waals surface area contributed by atoms with Gasteiger partial charge in [0.25, 0.3) is 0 Å². The summed E-state index contributed by atoms with van der Waals surface area (Å²) in [5, 5.41) is 11.1. The smallest absolute Gasteiger partial charge is 0.303 e. The van der Waals surface area contributed by atoms with Crippen LogP contribution in [0.3, 0.4) is 0 Å². The van der Waals surface area contributed by atoms with Crippen LogP contribution in [-0.4, -0.2) is 49.3 Å². The molecule has 182 valence electrons. The number of hydrogen-bond acceptors (Lipinski definition) is 6. The van der Waals surface area contributed by atoms with E-state index in [2.05, 4.69) is 22.6 Å². The predicted octanol–water partition coefficient (Wildman–Crippen LogP) is 4.51. The summed E-state index contributed by atoms with van der Waals surface area (Å²) in [6.07, 6.45) is 0.746. The minimum atomic E-state index is -2.23. The van der Waals surface area contributed by atoms with E-state index < -0.39 is 63.9 Å². The summed E-state index contributed by atoms with van der Waals surface area (Å²) in [4.78, 5) is 37.6. The van der Waals surface area contributed by atoms with Crippen LogP contribution in [0.4, 0.5) is 8.78 Å². The van der Waals surface area contributed by atoms with Gasteiger partial charge in [-0.3, -0.25) is 14.4 Å². The molecule has 5 nitrogen and oxygen atoms in total. The van der Waals surface area contributed by atoms with Gasteiger partial charge >= 0.3 is 5.97 Å². The molecule has 0 unspecified atom stereocenters. The van der Waals surface area contributed by atoms with Crippen LogP contribution in [0.5, 0.6) is 0 Å². The highest BCUT2D eigenvalue weighted by Crippen LogP contribution is 2.72. The fraction of sp³-hybridized carbons (Fsp3) is 0.708. The zero-order valence-corrected chi connectivity index (χ0v) is 22.0. The Kier molecular flexibility index (Phi) is 6.22. The van der Waals surface area contributed by atoms with E-state index >= 15 is 8.78 Å². The van der Waals surface area contributed by atoms with E-state index in [-0.39, 0.29) is 23.5 Å². The van der Waals surface area contributed by atoms with Gasteiger partial charge in [0, 0.05) is 29.6 Å². The number of carbonyl (C=O) groups is 3. The summed E-state index contributed by atoms with van der Waals surface area (Å²) in [7, 11) is 0. The van der Waals surface area contributed by atoms with Crippen LogP contribution in [0.2, 0.25) is 0 Å². The lowest BCUT2D eigenvalue weighted by atomic mass is 9.44. The number of aliphatic hydroxyl groups excluding tert-OH is 1. The molecule has 0 bridgehead atoms. The van der Waals surface area contributed by atoms with Gasteiger partial charge in [-0.25, -0.2) is 8.78 Å². The molecule has 0 radical (unpaired) electrons. The Hall–Kier alpha value is -0.810. The van der Waals surface area contributed by atoms with Gasteiger partial charge in [-0.1, -0.05) is 54.3 Å². The maximum Gasteiger partial charge on any atom is 0.303 e. The molecular formula is C24H29F2IO5S. The molecule has 9 heteroatoms. The Bertz CT molecular complexity index is 971. The Morgan fingerprint density at radius 3 is 2.58 bits per heavy atom. The van der Waals surface area contributed by atoms with Gasteiger partial charge < -0.3 is 9.84 Å². The van der Waals surface area contributed by atoms with E-state index in [1.165, 1.54) is 19.1 Å². The molecular weight excluding hydrogens is 565 g/mol. The van der Waals surface area contributed by atoms with Crippen molar-refractivity contribution < 1.29 is 33.0 Å². The minimum absolute atomic E-state index is 0.0604. The Balaban J connectivity index is 1.88. The van der Waals surface area contributed by atoms with Crippen molar-refractivity contribution in [2.45, 2.75) is 70.5 Å².